The summed E-state index contributed by atoms with van der Waals surface area (Å²) in [5, 5.41) is 0. The predicted molar refractivity (Wildman–Crippen MR) is 105 cm³/mol. The summed E-state index contributed by atoms with van der Waals surface area (Å²) >= 11 is 0. The van der Waals surface area contributed by atoms with Crippen LogP contribution >= 0.6 is 0 Å². The quantitative estimate of drug-likeness (QED) is 0.641. The maximum Gasteiger partial charge on any atom is 0.313 e. The van der Waals surface area contributed by atoms with Crippen LogP contribution in [0.5, 0.6) is 0 Å². The first-order chi connectivity index (χ1) is 13.4. The molecular weight excluding hydrogens is 380 g/mol. The maximum atomic E-state index is 12.4. The molecule has 28 heavy (non-hydrogen) atoms. The van der Waals surface area contributed by atoms with Crippen LogP contribution in [0.2, 0.25) is 0 Å². The van der Waals surface area contributed by atoms with E-state index in [1.165, 1.54) is 13.4 Å². The molecule has 0 N–H and O–H groups in total. The zero-order chi connectivity index (χ0) is 20.1. The molecule has 156 valence electrons. The maximum absolute atomic E-state index is 12.4. The Balaban J connectivity index is 1.62. The third kappa shape index (κ3) is 5.55. The monoisotopic (exact) mass is 410 g/mol. The van der Waals surface area contributed by atoms with E-state index in [-0.39, 0.29) is 23.3 Å². The average Bonchev–Trinajstić information content (AvgIpc) is 3.13. The van der Waals surface area contributed by atoms with Gasteiger partial charge in [0.15, 0.2) is 16.1 Å². The summed E-state index contributed by atoms with van der Waals surface area (Å²) < 4.78 is 40.1. The Morgan fingerprint density at radius 3 is 2.54 bits per heavy atom. The lowest BCUT2D eigenvalue weighted by atomic mass is 9.88. The topological polar surface area (TPSA) is 78.9 Å². The Morgan fingerprint density at radius 2 is 1.93 bits per heavy atom. The summed E-state index contributed by atoms with van der Waals surface area (Å²) in [7, 11) is -1.87. The molecule has 1 aromatic carbocycles. The van der Waals surface area contributed by atoms with Crippen LogP contribution in [-0.4, -0.2) is 46.8 Å². The molecule has 0 bridgehead atoms. The molecule has 1 aromatic rings. The van der Waals surface area contributed by atoms with Crippen molar-refractivity contribution >= 4 is 15.8 Å². The average molecular weight is 411 g/mol. The van der Waals surface area contributed by atoms with Crippen molar-refractivity contribution < 1.29 is 27.4 Å². The zero-order valence-corrected chi connectivity index (χ0v) is 17.4. The summed E-state index contributed by atoms with van der Waals surface area (Å²) in [5.74, 6) is -0.312. The molecule has 1 aliphatic carbocycles. The van der Waals surface area contributed by atoms with Gasteiger partial charge in [0.2, 0.25) is 0 Å². The molecule has 2 aliphatic rings. The minimum atomic E-state index is -3.26. The molecule has 2 fully saturated rings. The molecule has 1 saturated carbocycles. The van der Waals surface area contributed by atoms with Gasteiger partial charge in [-0.2, -0.15) is 0 Å². The molecule has 7 heteroatoms. The van der Waals surface area contributed by atoms with E-state index in [9.17, 15) is 13.2 Å². The normalized spacial score (nSPS) is 26.7. The Labute approximate surface area is 167 Å². The fourth-order valence-electron chi connectivity index (χ4n) is 4.19. The van der Waals surface area contributed by atoms with E-state index in [2.05, 4.69) is 0 Å². The van der Waals surface area contributed by atoms with Crippen molar-refractivity contribution in [3.05, 3.63) is 29.8 Å². The number of rotatable bonds is 7. The van der Waals surface area contributed by atoms with Crippen LogP contribution in [0.3, 0.4) is 0 Å². The molecule has 4 atom stereocenters. The third-order valence-electron chi connectivity index (χ3n) is 5.74. The smallest absolute Gasteiger partial charge is 0.313 e. The SMILES string of the molecule is COC(=O)C(CC1CCC(OC2CCCCO2)C1)c1ccc(S(C)(=O)=O)cc1. The molecule has 3 rings (SSSR count). The molecule has 1 heterocycles. The van der Waals surface area contributed by atoms with Crippen LogP contribution in [0.1, 0.15) is 56.4 Å². The van der Waals surface area contributed by atoms with Crippen molar-refractivity contribution in [2.45, 2.75) is 68.2 Å². The Hall–Kier alpha value is -1.44. The second-order valence-corrected chi connectivity index (χ2v) is 9.90. The van der Waals surface area contributed by atoms with Crippen molar-refractivity contribution in [2.24, 2.45) is 5.92 Å². The van der Waals surface area contributed by atoms with E-state index in [1.807, 2.05) is 0 Å². The first-order valence-corrected chi connectivity index (χ1v) is 11.9. The summed E-state index contributed by atoms with van der Waals surface area (Å²) in [6.45, 7) is 0.773. The van der Waals surface area contributed by atoms with Gasteiger partial charge >= 0.3 is 5.97 Å². The van der Waals surface area contributed by atoms with Crippen molar-refractivity contribution in [1.29, 1.82) is 0 Å². The fourth-order valence-corrected chi connectivity index (χ4v) is 4.82. The molecule has 0 radical (unpaired) electrons. The minimum absolute atomic E-state index is 0.0857. The molecule has 1 saturated heterocycles. The van der Waals surface area contributed by atoms with E-state index < -0.39 is 15.8 Å². The second-order valence-electron chi connectivity index (χ2n) is 7.89. The van der Waals surface area contributed by atoms with Gasteiger partial charge in [0.05, 0.1) is 24.0 Å². The van der Waals surface area contributed by atoms with E-state index >= 15 is 0 Å². The number of methoxy groups -OCH3 is 1. The van der Waals surface area contributed by atoms with Gasteiger partial charge in [-0.05, 0) is 68.6 Å². The molecule has 1 aliphatic heterocycles. The standard InChI is InChI=1S/C21H30O6S/c1-25-21(22)19(16-7-10-18(11-8-16)28(2,23)24)14-15-6-9-17(13-15)27-20-5-3-4-12-26-20/h7-8,10-11,15,17,19-20H,3-6,9,12-14H2,1-2H3. The lowest BCUT2D eigenvalue weighted by Gasteiger charge is -2.26. The highest BCUT2D eigenvalue weighted by atomic mass is 32.2. The number of carbonyl (C=O) groups excluding carboxylic acids is 1. The van der Waals surface area contributed by atoms with Crippen LogP contribution in [0.15, 0.2) is 29.2 Å². The number of benzene rings is 1. The predicted octanol–water partition coefficient (Wildman–Crippen LogP) is 3.45. The number of esters is 1. The van der Waals surface area contributed by atoms with E-state index in [1.54, 1.807) is 24.3 Å². The van der Waals surface area contributed by atoms with Crippen LogP contribution in [0.25, 0.3) is 0 Å². The van der Waals surface area contributed by atoms with Gasteiger partial charge in [0.25, 0.3) is 0 Å². The number of hydrogen-bond acceptors (Lipinski definition) is 6. The van der Waals surface area contributed by atoms with E-state index in [4.69, 9.17) is 14.2 Å². The second kappa shape index (κ2) is 9.37. The van der Waals surface area contributed by atoms with E-state index in [0.717, 1.165) is 50.7 Å². The lowest BCUT2D eigenvalue weighted by molar-refractivity contribution is -0.187. The Morgan fingerprint density at radius 1 is 1.18 bits per heavy atom. The summed E-state index contributed by atoms with van der Waals surface area (Å²) in [6, 6.07) is 6.55. The molecule has 6 nitrogen and oxygen atoms in total. The molecule has 0 amide bonds. The molecule has 4 unspecified atom stereocenters. The molecule has 0 spiro atoms. The van der Waals surface area contributed by atoms with Crippen molar-refractivity contribution in [3.63, 3.8) is 0 Å². The van der Waals surface area contributed by atoms with Gasteiger partial charge in [-0.3, -0.25) is 4.79 Å². The number of carbonyl (C=O) groups is 1. The van der Waals surface area contributed by atoms with Crippen LogP contribution < -0.4 is 0 Å². The Bertz CT molecular complexity index is 752. The number of hydrogen-bond donors (Lipinski definition) is 0. The van der Waals surface area contributed by atoms with Crippen molar-refractivity contribution in [2.75, 3.05) is 20.0 Å². The van der Waals surface area contributed by atoms with Crippen LogP contribution in [0.4, 0.5) is 0 Å². The number of ether oxygens (including phenoxy) is 3. The zero-order valence-electron chi connectivity index (χ0n) is 16.6. The highest BCUT2D eigenvalue weighted by Gasteiger charge is 2.33. The van der Waals surface area contributed by atoms with Crippen LogP contribution in [0, 0.1) is 5.92 Å². The Kier molecular flexibility index (Phi) is 7.12. The lowest BCUT2D eigenvalue weighted by Crippen LogP contribution is -2.26. The van der Waals surface area contributed by atoms with Crippen molar-refractivity contribution in [1.82, 2.24) is 0 Å². The highest BCUT2D eigenvalue weighted by molar-refractivity contribution is 7.90. The summed E-state index contributed by atoms with van der Waals surface area (Å²) in [6.07, 6.45) is 8.05. The first-order valence-electron chi connectivity index (χ1n) is 10.0. The van der Waals surface area contributed by atoms with E-state index in [0.29, 0.717) is 12.3 Å². The van der Waals surface area contributed by atoms with Gasteiger partial charge in [-0.25, -0.2) is 8.42 Å². The minimum Gasteiger partial charge on any atom is -0.469 e. The third-order valence-corrected chi connectivity index (χ3v) is 6.87. The van der Waals surface area contributed by atoms with Crippen LogP contribution in [-0.2, 0) is 28.8 Å². The van der Waals surface area contributed by atoms with Crippen molar-refractivity contribution in [3.8, 4) is 0 Å². The first kappa shape index (κ1) is 21.3. The van der Waals surface area contributed by atoms with Gasteiger partial charge < -0.3 is 14.2 Å². The van der Waals surface area contributed by atoms with Gasteiger partial charge in [-0.1, -0.05) is 12.1 Å². The molecular formula is C21H30O6S. The largest absolute Gasteiger partial charge is 0.469 e. The van der Waals surface area contributed by atoms with Gasteiger partial charge in [-0.15, -0.1) is 0 Å². The summed E-state index contributed by atoms with van der Waals surface area (Å²) in [4.78, 5) is 12.6. The van der Waals surface area contributed by atoms with Gasteiger partial charge in [0.1, 0.15) is 0 Å². The fraction of sp³-hybridized carbons (Fsp3) is 0.667. The van der Waals surface area contributed by atoms with Gasteiger partial charge in [0, 0.05) is 12.9 Å². The molecule has 0 aromatic heterocycles. The highest BCUT2D eigenvalue weighted by Crippen LogP contribution is 2.37. The number of sulfone groups is 1. The summed E-state index contributed by atoms with van der Waals surface area (Å²) in [5.41, 5.74) is 0.791.